The fourth-order valence-electron chi connectivity index (χ4n) is 10.3. The van der Waals surface area contributed by atoms with E-state index >= 15 is 4.79 Å². The van der Waals surface area contributed by atoms with Crippen LogP contribution in [0.15, 0.2) is 102 Å². The summed E-state index contributed by atoms with van der Waals surface area (Å²) in [5.41, 5.74) is -7.98. The monoisotopic (exact) mass is 869 g/mol. The number of aliphatic hydroxyl groups excluding tert-OH is 3. The van der Waals surface area contributed by atoms with E-state index in [9.17, 15) is 44.4 Å². The van der Waals surface area contributed by atoms with Crippen LogP contribution in [-0.2, 0) is 42.9 Å². The summed E-state index contributed by atoms with van der Waals surface area (Å²) in [6.45, 7) is 7.39. The highest BCUT2D eigenvalue weighted by molar-refractivity contribution is 5.96. The Kier molecular flexibility index (Phi) is 12.0. The van der Waals surface area contributed by atoms with E-state index in [4.69, 9.17) is 23.7 Å². The predicted molar refractivity (Wildman–Crippen MR) is 219 cm³/mol. The number of amides is 1. The number of Topliss-reactive ketones (excluding diaryl/α,β-unsaturated/α-hetero) is 1. The van der Waals surface area contributed by atoms with Gasteiger partial charge in [-0.3, -0.25) is 19.2 Å². The zero-order valence-electron chi connectivity index (χ0n) is 35.6. The molecule has 16 heteroatoms. The number of nitrogens with one attached hydrogen (secondary N) is 1. The molecule has 7 unspecified atom stereocenters. The summed E-state index contributed by atoms with van der Waals surface area (Å²) in [4.78, 5) is 83.6. The van der Waals surface area contributed by atoms with Crippen molar-refractivity contribution in [3.05, 3.63) is 119 Å². The number of esters is 4. The predicted octanol–water partition coefficient (Wildman–Crippen LogP) is 2.71. The summed E-state index contributed by atoms with van der Waals surface area (Å²) in [5.74, 6) is -7.48. The van der Waals surface area contributed by atoms with Gasteiger partial charge in [0.05, 0.1) is 35.6 Å². The molecule has 0 spiro atoms. The SMILES string of the molecule is CC(=O)OC1C(=O)[C@@]2(C)C(O)C(O)[C@H]3OC[C@]3(OC(C)=O)[C@@H]2C(OC(=O)c2ccccc2)[C@@]2(O)CC(OC(=O)C(O)C(NC(=O)c3ccccc3)c3ccccc3)C(C)=C1C2(C)C. The van der Waals surface area contributed by atoms with Gasteiger partial charge in [-0.05, 0) is 54.8 Å². The van der Waals surface area contributed by atoms with Gasteiger partial charge in [-0.25, -0.2) is 9.59 Å². The number of fused-ring (bicyclic) bond motifs is 5. The molecule has 3 aromatic carbocycles. The Balaban J connectivity index is 1.40. The summed E-state index contributed by atoms with van der Waals surface area (Å²) >= 11 is 0. The average molecular weight is 870 g/mol. The first-order chi connectivity index (χ1) is 29.7. The maximum atomic E-state index is 15.5. The molecule has 16 nitrogen and oxygen atoms in total. The van der Waals surface area contributed by atoms with Crippen molar-refractivity contribution in [3.8, 4) is 0 Å². The highest BCUT2D eigenvalue weighted by Crippen LogP contribution is 2.64. The van der Waals surface area contributed by atoms with Crippen molar-refractivity contribution in [2.24, 2.45) is 16.7 Å². The molecule has 0 aromatic heterocycles. The third-order valence-electron chi connectivity index (χ3n) is 13.5. The van der Waals surface area contributed by atoms with Crippen LogP contribution in [0, 0.1) is 16.7 Å². The number of carbonyl (C=O) groups is 6. The normalized spacial score (nSPS) is 32.7. The second-order valence-electron chi connectivity index (χ2n) is 17.5. The molecule has 1 amide bonds. The molecule has 7 rings (SSSR count). The van der Waals surface area contributed by atoms with E-state index in [2.05, 4.69) is 5.32 Å². The minimum Gasteiger partial charge on any atom is -0.456 e. The second-order valence-corrected chi connectivity index (χ2v) is 17.5. The summed E-state index contributed by atoms with van der Waals surface area (Å²) < 4.78 is 29.9. The molecule has 2 saturated carbocycles. The van der Waals surface area contributed by atoms with Gasteiger partial charge in [0.25, 0.3) is 5.91 Å². The number of ketones is 1. The third-order valence-corrected chi connectivity index (χ3v) is 13.5. The zero-order chi connectivity index (χ0) is 45.8. The molecule has 4 aliphatic rings. The van der Waals surface area contributed by atoms with E-state index in [0.29, 0.717) is 5.56 Å². The van der Waals surface area contributed by atoms with Crippen molar-refractivity contribution in [2.45, 2.75) is 108 Å². The van der Waals surface area contributed by atoms with E-state index in [1.54, 1.807) is 78.9 Å². The number of rotatable bonds is 10. The molecule has 1 heterocycles. The lowest BCUT2D eigenvalue weighted by Gasteiger charge is -2.68. The Hall–Kier alpha value is -5.78. The first kappa shape index (κ1) is 45.3. The highest BCUT2D eigenvalue weighted by Gasteiger charge is 2.80. The number of hydrogen-bond donors (Lipinski definition) is 5. The second kappa shape index (κ2) is 16.7. The van der Waals surface area contributed by atoms with E-state index in [1.165, 1.54) is 39.8 Å². The van der Waals surface area contributed by atoms with Crippen LogP contribution in [0.5, 0.6) is 0 Å². The van der Waals surface area contributed by atoms with Crippen molar-refractivity contribution in [3.63, 3.8) is 0 Å². The summed E-state index contributed by atoms with van der Waals surface area (Å²) in [6.07, 6.45) is -13.5. The lowest BCUT2D eigenvalue weighted by molar-refractivity contribution is -0.369. The smallest absolute Gasteiger partial charge is 0.338 e. The quantitative estimate of drug-likeness (QED) is 0.112. The van der Waals surface area contributed by atoms with Crippen LogP contribution in [0.25, 0.3) is 0 Å². The van der Waals surface area contributed by atoms with Gasteiger partial charge >= 0.3 is 23.9 Å². The van der Waals surface area contributed by atoms with Gasteiger partial charge in [-0.2, -0.15) is 0 Å². The standard InChI is InChI=1S/C47H51NO15/c1-24-30(61-43(57)33(51)32(27-16-10-7-11-17-27)48-41(55)28-18-12-8-13-19-28)22-47(58)40(62-42(56)29-20-14-9-15-21-29)36-45(6,38(54)35(60-25(2)49)31(24)44(47,4)5)37(53)34(52)39-46(36,23-59-39)63-26(3)50/h7-21,30,32-37,39-40,51-53,58H,22-23H2,1-6H3,(H,48,55)/t30?,32?,33?,34?,35?,36-,37?,39-,40?,45-,46+,47+/m1/s1. The Labute approximate surface area is 363 Å². The Morgan fingerprint density at radius 2 is 1.38 bits per heavy atom. The van der Waals surface area contributed by atoms with Gasteiger partial charge in [0.2, 0.25) is 0 Å². The topological polar surface area (TPSA) is 242 Å². The van der Waals surface area contributed by atoms with Crippen LogP contribution >= 0.6 is 0 Å². The number of aliphatic hydroxyl groups is 4. The van der Waals surface area contributed by atoms with Crippen molar-refractivity contribution < 1.29 is 72.9 Å². The van der Waals surface area contributed by atoms with Crippen LogP contribution in [0.4, 0.5) is 0 Å². The molecule has 0 radical (unpaired) electrons. The Morgan fingerprint density at radius 3 is 1.92 bits per heavy atom. The van der Waals surface area contributed by atoms with Crippen molar-refractivity contribution >= 4 is 35.6 Å². The van der Waals surface area contributed by atoms with Gasteiger partial charge in [0.15, 0.2) is 23.6 Å². The number of carbonyl (C=O) groups excluding carboxylic acids is 6. The van der Waals surface area contributed by atoms with Crippen LogP contribution < -0.4 is 5.32 Å². The molecule has 1 saturated heterocycles. The first-order valence-corrected chi connectivity index (χ1v) is 20.6. The maximum Gasteiger partial charge on any atom is 0.338 e. The maximum absolute atomic E-state index is 15.5. The van der Waals surface area contributed by atoms with E-state index in [1.807, 2.05) is 0 Å². The van der Waals surface area contributed by atoms with Gasteiger partial charge in [0, 0.05) is 31.2 Å². The van der Waals surface area contributed by atoms with Gasteiger partial charge in [-0.15, -0.1) is 0 Å². The largest absolute Gasteiger partial charge is 0.456 e. The molecule has 3 aromatic rings. The van der Waals surface area contributed by atoms with Gasteiger partial charge in [0.1, 0.15) is 30.0 Å². The molecule has 63 heavy (non-hydrogen) atoms. The van der Waals surface area contributed by atoms with E-state index in [-0.39, 0.29) is 22.3 Å². The minimum absolute atomic E-state index is 0.0180. The number of ether oxygens (including phenoxy) is 5. The minimum atomic E-state index is -2.48. The Bertz CT molecular complexity index is 2320. The molecular formula is C47H51NO15. The van der Waals surface area contributed by atoms with E-state index < -0.39 is 125 Å². The Morgan fingerprint density at radius 1 is 0.810 bits per heavy atom. The fourth-order valence-corrected chi connectivity index (χ4v) is 10.3. The van der Waals surface area contributed by atoms with Crippen LogP contribution in [-0.4, -0.2) is 117 Å². The molecule has 1 aliphatic heterocycles. The molecule has 5 N–H and O–H groups in total. The summed E-state index contributed by atoms with van der Waals surface area (Å²) in [5, 5.41) is 51.8. The average Bonchev–Trinajstić information content (AvgIpc) is 3.24. The third kappa shape index (κ3) is 7.42. The summed E-state index contributed by atoms with van der Waals surface area (Å²) in [7, 11) is 0. The van der Waals surface area contributed by atoms with Crippen LogP contribution in [0.2, 0.25) is 0 Å². The number of benzene rings is 3. The van der Waals surface area contributed by atoms with Gasteiger partial charge in [-0.1, -0.05) is 80.6 Å². The molecule has 12 atom stereocenters. The van der Waals surface area contributed by atoms with Crippen molar-refractivity contribution in [1.29, 1.82) is 0 Å². The summed E-state index contributed by atoms with van der Waals surface area (Å²) in [6, 6.07) is 22.6. The van der Waals surface area contributed by atoms with Crippen molar-refractivity contribution in [2.75, 3.05) is 6.61 Å². The van der Waals surface area contributed by atoms with E-state index in [0.717, 1.165) is 13.8 Å². The zero-order valence-corrected chi connectivity index (χ0v) is 35.6. The van der Waals surface area contributed by atoms with Crippen molar-refractivity contribution in [1.82, 2.24) is 5.32 Å². The molecular weight excluding hydrogens is 819 g/mol. The fraction of sp³-hybridized carbons (Fsp3) is 0.447. The molecule has 3 fully saturated rings. The first-order valence-electron chi connectivity index (χ1n) is 20.6. The lowest BCUT2D eigenvalue weighted by Crippen LogP contribution is -2.85. The molecule has 334 valence electrons. The van der Waals surface area contributed by atoms with Crippen LogP contribution in [0.3, 0.4) is 0 Å². The van der Waals surface area contributed by atoms with Crippen LogP contribution in [0.1, 0.15) is 80.3 Å². The highest BCUT2D eigenvalue weighted by atomic mass is 16.6. The van der Waals surface area contributed by atoms with Gasteiger partial charge < -0.3 is 49.4 Å². The lowest BCUT2D eigenvalue weighted by atomic mass is 9.44. The molecule has 2 bridgehead atoms. The number of hydrogen-bond acceptors (Lipinski definition) is 15. The molecule has 3 aliphatic carbocycles.